The quantitative estimate of drug-likeness (QED) is 0.908. The zero-order valence-electron chi connectivity index (χ0n) is 11.8. The Labute approximate surface area is 117 Å². The lowest BCUT2D eigenvalue weighted by atomic mass is 10.1. The number of benzene rings is 2. The number of aryl methyl sites for hydroxylation is 2. The van der Waals surface area contributed by atoms with Crippen LogP contribution in [-0.2, 0) is 6.54 Å². The summed E-state index contributed by atoms with van der Waals surface area (Å²) in [5, 5.41) is 2.85. The van der Waals surface area contributed by atoms with Crippen molar-refractivity contribution in [3.05, 3.63) is 58.7 Å². The van der Waals surface area contributed by atoms with Crippen molar-refractivity contribution in [3.8, 4) is 11.5 Å². The standard InChI is InChI=1S/C16H17F2NO/c1-10-4-5-11(2)15(6-10)20-16-13(17)7-12(9-19-3)8-14(16)18/h4-8,19H,9H2,1-3H3. The Morgan fingerprint density at radius 2 is 1.70 bits per heavy atom. The molecule has 0 aliphatic carbocycles. The van der Waals surface area contributed by atoms with Crippen molar-refractivity contribution in [2.24, 2.45) is 0 Å². The molecule has 0 aliphatic rings. The second-order valence-corrected chi connectivity index (χ2v) is 4.79. The normalized spacial score (nSPS) is 10.7. The van der Waals surface area contributed by atoms with Gasteiger partial charge in [-0.2, -0.15) is 0 Å². The van der Waals surface area contributed by atoms with Crippen LogP contribution in [0.5, 0.6) is 11.5 Å². The molecule has 1 N–H and O–H groups in total. The topological polar surface area (TPSA) is 21.3 Å². The minimum Gasteiger partial charge on any atom is -0.451 e. The van der Waals surface area contributed by atoms with Crippen LogP contribution in [0.25, 0.3) is 0 Å². The van der Waals surface area contributed by atoms with Gasteiger partial charge < -0.3 is 10.1 Å². The van der Waals surface area contributed by atoms with Crippen LogP contribution in [-0.4, -0.2) is 7.05 Å². The van der Waals surface area contributed by atoms with E-state index in [1.165, 1.54) is 12.1 Å². The molecule has 4 heteroatoms. The minimum absolute atomic E-state index is 0.362. The van der Waals surface area contributed by atoms with Gasteiger partial charge in [0.25, 0.3) is 0 Å². The molecule has 2 aromatic carbocycles. The molecule has 0 aromatic heterocycles. The molecule has 0 heterocycles. The van der Waals surface area contributed by atoms with Crippen LogP contribution in [0.3, 0.4) is 0 Å². The maximum Gasteiger partial charge on any atom is 0.198 e. The molecule has 0 bridgehead atoms. The zero-order valence-corrected chi connectivity index (χ0v) is 11.8. The van der Waals surface area contributed by atoms with Crippen LogP contribution in [0, 0.1) is 25.5 Å². The van der Waals surface area contributed by atoms with Crippen LogP contribution in [0.4, 0.5) is 8.78 Å². The second-order valence-electron chi connectivity index (χ2n) is 4.79. The summed E-state index contributed by atoms with van der Waals surface area (Å²) in [6, 6.07) is 8.09. The molecular formula is C16H17F2NO. The molecule has 2 aromatic rings. The van der Waals surface area contributed by atoms with Gasteiger partial charge in [0.1, 0.15) is 5.75 Å². The first kappa shape index (κ1) is 14.5. The Hall–Kier alpha value is -1.94. The van der Waals surface area contributed by atoms with Crippen molar-refractivity contribution in [2.45, 2.75) is 20.4 Å². The monoisotopic (exact) mass is 277 g/mol. The Kier molecular flexibility index (Phi) is 4.35. The smallest absolute Gasteiger partial charge is 0.198 e. The van der Waals surface area contributed by atoms with Gasteiger partial charge in [-0.05, 0) is 55.8 Å². The summed E-state index contributed by atoms with van der Waals surface area (Å²) in [5.41, 5.74) is 2.34. The predicted octanol–water partition coefficient (Wildman–Crippen LogP) is 4.09. The molecule has 0 atom stereocenters. The number of rotatable bonds is 4. The van der Waals surface area contributed by atoms with Crippen LogP contribution in [0.2, 0.25) is 0 Å². The highest BCUT2D eigenvalue weighted by Gasteiger charge is 2.14. The fourth-order valence-electron chi connectivity index (χ4n) is 1.94. The third-order valence-electron chi connectivity index (χ3n) is 2.99. The van der Waals surface area contributed by atoms with Gasteiger partial charge in [-0.3, -0.25) is 0 Å². The van der Waals surface area contributed by atoms with E-state index in [1.807, 2.05) is 26.0 Å². The van der Waals surface area contributed by atoms with Gasteiger partial charge >= 0.3 is 0 Å². The first-order valence-electron chi connectivity index (χ1n) is 6.39. The summed E-state index contributed by atoms with van der Waals surface area (Å²) in [5.74, 6) is -1.30. The predicted molar refractivity (Wildman–Crippen MR) is 75.1 cm³/mol. The fourth-order valence-corrected chi connectivity index (χ4v) is 1.94. The fraction of sp³-hybridized carbons (Fsp3) is 0.250. The Balaban J connectivity index is 2.36. The SMILES string of the molecule is CNCc1cc(F)c(Oc2cc(C)ccc2C)c(F)c1. The van der Waals surface area contributed by atoms with Gasteiger partial charge in [-0.1, -0.05) is 12.1 Å². The lowest BCUT2D eigenvalue weighted by Gasteiger charge is -2.12. The van der Waals surface area contributed by atoms with Crippen molar-refractivity contribution < 1.29 is 13.5 Å². The first-order valence-corrected chi connectivity index (χ1v) is 6.39. The van der Waals surface area contributed by atoms with E-state index in [-0.39, 0.29) is 5.75 Å². The summed E-state index contributed by atoms with van der Waals surface area (Å²) in [6.07, 6.45) is 0. The van der Waals surface area contributed by atoms with E-state index in [0.717, 1.165) is 11.1 Å². The average Bonchev–Trinajstić information content (AvgIpc) is 2.38. The highest BCUT2D eigenvalue weighted by Crippen LogP contribution is 2.31. The molecule has 0 radical (unpaired) electrons. The van der Waals surface area contributed by atoms with E-state index < -0.39 is 11.6 Å². The van der Waals surface area contributed by atoms with Crippen molar-refractivity contribution in [2.75, 3.05) is 7.05 Å². The summed E-state index contributed by atoms with van der Waals surface area (Å²) >= 11 is 0. The summed E-state index contributed by atoms with van der Waals surface area (Å²) in [6.45, 7) is 4.13. The highest BCUT2D eigenvalue weighted by atomic mass is 19.1. The van der Waals surface area contributed by atoms with Crippen molar-refractivity contribution in [3.63, 3.8) is 0 Å². The molecule has 2 rings (SSSR count). The van der Waals surface area contributed by atoms with E-state index in [1.54, 1.807) is 13.1 Å². The van der Waals surface area contributed by atoms with E-state index in [2.05, 4.69) is 5.32 Å². The molecule has 106 valence electrons. The number of nitrogens with one attached hydrogen (secondary N) is 1. The Morgan fingerprint density at radius 1 is 1.05 bits per heavy atom. The third kappa shape index (κ3) is 3.14. The third-order valence-corrected chi connectivity index (χ3v) is 2.99. The molecular weight excluding hydrogens is 260 g/mol. The largest absolute Gasteiger partial charge is 0.451 e. The molecule has 0 saturated carbocycles. The van der Waals surface area contributed by atoms with Gasteiger partial charge in [-0.25, -0.2) is 8.78 Å². The van der Waals surface area contributed by atoms with Gasteiger partial charge in [-0.15, -0.1) is 0 Å². The van der Waals surface area contributed by atoms with Crippen LogP contribution in [0.15, 0.2) is 30.3 Å². The number of halogens is 2. The van der Waals surface area contributed by atoms with Crippen molar-refractivity contribution in [1.82, 2.24) is 5.32 Å². The molecule has 2 nitrogen and oxygen atoms in total. The molecule has 0 unspecified atom stereocenters. The molecule has 0 spiro atoms. The van der Waals surface area contributed by atoms with Gasteiger partial charge in [0, 0.05) is 6.54 Å². The lowest BCUT2D eigenvalue weighted by Crippen LogP contribution is -2.06. The van der Waals surface area contributed by atoms with Crippen molar-refractivity contribution >= 4 is 0 Å². The molecule has 0 amide bonds. The van der Waals surface area contributed by atoms with Crippen LogP contribution < -0.4 is 10.1 Å². The van der Waals surface area contributed by atoms with Crippen LogP contribution in [0.1, 0.15) is 16.7 Å². The summed E-state index contributed by atoms with van der Waals surface area (Å²) < 4.78 is 33.3. The number of hydrogen-bond acceptors (Lipinski definition) is 2. The molecule has 20 heavy (non-hydrogen) atoms. The highest BCUT2D eigenvalue weighted by molar-refractivity contribution is 5.41. The number of hydrogen-bond donors (Lipinski definition) is 1. The van der Waals surface area contributed by atoms with Crippen molar-refractivity contribution in [1.29, 1.82) is 0 Å². The van der Waals surface area contributed by atoms with Gasteiger partial charge in [0.15, 0.2) is 17.4 Å². The van der Waals surface area contributed by atoms with E-state index in [4.69, 9.17) is 4.74 Å². The lowest BCUT2D eigenvalue weighted by molar-refractivity contribution is 0.404. The number of ether oxygens (including phenoxy) is 1. The first-order chi connectivity index (χ1) is 9.51. The zero-order chi connectivity index (χ0) is 14.7. The van der Waals surface area contributed by atoms with E-state index in [9.17, 15) is 8.78 Å². The van der Waals surface area contributed by atoms with Crippen LogP contribution >= 0.6 is 0 Å². The van der Waals surface area contributed by atoms with Gasteiger partial charge in [0.05, 0.1) is 0 Å². The Morgan fingerprint density at radius 3 is 2.30 bits per heavy atom. The molecule has 0 saturated heterocycles. The van der Waals surface area contributed by atoms with Gasteiger partial charge in [0.2, 0.25) is 0 Å². The average molecular weight is 277 g/mol. The second kappa shape index (κ2) is 6.01. The minimum atomic E-state index is -0.698. The maximum atomic E-state index is 14.0. The summed E-state index contributed by atoms with van der Waals surface area (Å²) in [7, 11) is 1.72. The summed E-state index contributed by atoms with van der Waals surface area (Å²) in [4.78, 5) is 0. The van der Waals surface area contributed by atoms with E-state index in [0.29, 0.717) is 17.9 Å². The molecule has 0 fully saturated rings. The van der Waals surface area contributed by atoms with E-state index >= 15 is 0 Å². The Bertz CT molecular complexity index is 603. The maximum absolute atomic E-state index is 14.0. The molecule has 0 aliphatic heterocycles.